The molecule has 154 valence electrons. The second-order valence-corrected chi connectivity index (χ2v) is 7.48. The molecule has 1 aromatic carbocycles. The van der Waals surface area contributed by atoms with Crippen molar-refractivity contribution in [1.82, 2.24) is 0 Å². The minimum atomic E-state index is -0.394. The monoisotopic (exact) mass is 376 g/mol. The maximum atomic E-state index is 11.7. The number of nitrogen functional groups attached to an aromatic ring is 1. The summed E-state index contributed by atoms with van der Waals surface area (Å²) in [6.07, 6.45) is 18.1. The molecule has 0 aliphatic heterocycles. The van der Waals surface area contributed by atoms with E-state index in [0.717, 1.165) is 12.8 Å². The topological polar surface area (TPSA) is 64.3 Å². The Balaban J connectivity index is 1.81. The molecular formula is C23H40N2O2. The molecular weight excluding hydrogens is 336 g/mol. The van der Waals surface area contributed by atoms with E-state index >= 15 is 0 Å². The molecule has 3 N–H and O–H groups in total. The maximum Gasteiger partial charge on any atom is 0.411 e. The van der Waals surface area contributed by atoms with Gasteiger partial charge in [0.15, 0.2) is 0 Å². The number of unbranched alkanes of at least 4 members (excludes halogenated alkanes) is 13. The Hall–Kier alpha value is -1.71. The van der Waals surface area contributed by atoms with Crippen LogP contribution in [0.2, 0.25) is 0 Å². The number of hydrogen-bond acceptors (Lipinski definition) is 3. The summed E-state index contributed by atoms with van der Waals surface area (Å²) in [7, 11) is 0. The highest BCUT2D eigenvalue weighted by Crippen LogP contribution is 2.13. The van der Waals surface area contributed by atoms with Gasteiger partial charge in [0.1, 0.15) is 0 Å². The van der Waals surface area contributed by atoms with Crippen molar-refractivity contribution in [2.24, 2.45) is 0 Å². The molecule has 4 nitrogen and oxygen atoms in total. The summed E-state index contributed by atoms with van der Waals surface area (Å²) in [6, 6.07) is 7.04. The van der Waals surface area contributed by atoms with Crippen LogP contribution in [0, 0.1) is 0 Å². The zero-order valence-electron chi connectivity index (χ0n) is 17.3. The Labute approximate surface area is 166 Å². The second kappa shape index (κ2) is 16.5. The van der Waals surface area contributed by atoms with Crippen LogP contribution in [0.25, 0.3) is 0 Å². The SMILES string of the molecule is CCCCCCCCCCCCCCCCOC(=O)Nc1ccc(N)cc1. The smallest absolute Gasteiger partial charge is 0.411 e. The number of carbonyl (C=O) groups is 1. The van der Waals surface area contributed by atoms with Gasteiger partial charge in [0.05, 0.1) is 6.61 Å². The zero-order valence-corrected chi connectivity index (χ0v) is 17.3. The van der Waals surface area contributed by atoms with Crippen molar-refractivity contribution >= 4 is 17.5 Å². The van der Waals surface area contributed by atoms with Gasteiger partial charge in [-0.1, -0.05) is 90.4 Å². The van der Waals surface area contributed by atoms with Gasteiger partial charge in [-0.05, 0) is 30.7 Å². The van der Waals surface area contributed by atoms with E-state index < -0.39 is 6.09 Å². The fourth-order valence-corrected chi connectivity index (χ4v) is 3.18. The Bertz CT molecular complexity index is 474. The summed E-state index contributed by atoms with van der Waals surface area (Å²) < 4.78 is 5.20. The summed E-state index contributed by atoms with van der Waals surface area (Å²) in [6.45, 7) is 2.76. The molecule has 1 aromatic rings. The van der Waals surface area contributed by atoms with Gasteiger partial charge in [0.25, 0.3) is 0 Å². The number of benzene rings is 1. The molecule has 1 rings (SSSR count). The van der Waals surface area contributed by atoms with Gasteiger partial charge < -0.3 is 10.5 Å². The van der Waals surface area contributed by atoms with Gasteiger partial charge >= 0.3 is 6.09 Å². The molecule has 0 saturated carbocycles. The number of rotatable bonds is 16. The lowest BCUT2D eigenvalue weighted by atomic mass is 10.0. The van der Waals surface area contributed by atoms with Gasteiger partial charge in [0, 0.05) is 11.4 Å². The molecule has 0 unspecified atom stereocenters. The lowest BCUT2D eigenvalue weighted by Gasteiger charge is -2.07. The highest BCUT2D eigenvalue weighted by Gasteiger charge is 2.02. The third kappa shape index (κ3) is 14.1. The highest BCUT2D eigenvalue weighted by atomic mass is 16.5. The molecule has 4 heteroatoms. The predicted molar refractivity (Wildman–Crippen MR) is 116 cm³/mol. The number of ether oxygens (including phenoxy) is 1. The van der Waals surface area contributed by atoms with Crippen LogP contribution in [-0.2, 0) is 4.74 Å². The predicted octanol–water partition coefficient (Wildman–Crippen LogP) is 7.30. The molecule has 0 aliphatic carbocycles. The fraction of sp³-hybridized carbons (Fsp3) is 0.696. The lowest BCUT2D eigenvalue weighted by molar-refractivity contribution is 0.159. The van der Waals surface area contributed by atoms with Crippen molar-refractivity contribution in [3.63, 3.8) is 0 Å². The molecule has 1 amide bonds. The van der Waals surface area contributed by atoms with Gasteiger partial charge in [-0.2, -0.15) is 0 Å². The Kier molecular flexibility index (Phi) is 14.2. The minimum Gasteiger partial charge on any atom is -0.449 e. The zero-order chi connectivity index (χ0) is 19.6. The van der Waals surface area contributed by atoms with E-state index in [1.807, 2.05) is 0 Å². The summed E-state index contributed by atoms with van der Waals surface area (Å²) in [5.74, 6) is 0. The van der Waals surface area contributed by atoms with Crippen LogP contribution >= 0.6 is 0 Å². The molecule has 0 fully saturated rings. The first-order chi connectivity index (χ1) is 13.2. The first-order valence-corrected chi connectivity index (χ1v) is 11.0. The second-order valence-electron chi connectivity index (χ2n) is 7.48. The first-order valence-electron chi connectivity index (χ1n) is 11.0. The van der Waals surface area contributed by atoms with Crippen LogP contribution in [0.3, 0.4) is 0 Å². The first kappa shape index (κ1) is 23.3. The van der Waals surface area contributed by atoms with Crippen molar-refractivity contribution in [3.8, 4) is 0 Å². The van der Waals surface area contributed by atoms with Crippen molar-refractivity contribution in [2.75, 3.05) is 17.7 Å². The summed E-state index contributed by atoms with van der Waals surface area (Å²) >= 11 is 0. The quantitative estimate of drug-likeness (QED) is 0.235. The van der Waals surface area contributed by atoms with Crippen molar-refractivity contribution in [1.29, 1.82) is 0 Å². The summed E-state index contributed by atoms with van der Waals surface area (Å²) in [4.78, 5) is 11.7. The van der Waals surface area contributed by atoms with Gasteiger partial charge in [-0.15, -0.1) is 0 Å². The third-order valence-corrected chi connectivity index (χ3v) is 4.89. The minimum absolute atomic E-state index is 0.394. The van der Waals surface area contributed by atoms with Crippen LogP contribution in [0.1, 0.15) is 96.8 Å². The van der Waals surface area contributed by atoms with Crippen LogP contribution in [0.5, 0.6) is 0 Å². The van der Waals surface area contributed by atoms with E-state index in [1.54, 1.807) is 24.3 Å². The molecule has 0 heterocycles. The van der Waals surface area contributed by atoms with E-state index in [2.05, 4.69) is 12.2 Å². The Morgan fingerprint density at radius 2 is 1.22 bits per heavy atom. The molecule has 0 aromatic heterocycles. The van der Waals surface area contributed by atoms with E-state index in [0.29, 0.717) is 18.0 Å². The van der Waals surface area contributed by atoms with Gasteiger partial charge in [-0.3, -0.25) is 5.32 Å². The Morgan fingerprint density at radius 1 is 0.778 bits per heavy atom. The van der Waals surface area contributed by atoms with Crippen LogP contribution in [0.4, 0.5) is 16.2 Å². The van der Waals surface area contributed by atoms with Crippen LogP contribution in [-0.4, -0.2) is 12.7 Å². The summed E-state index contributed by atoms with van der Waals surface area (Å²) in [5.41, 5.74) is 6.99. The van der Waals surface area contributed by atoms with Crippen molar-refractivity contribution in [3.05, 3.63) is 24.3 Å². The van der Waals surface area contributed by atoms with E-state index in [9.17, 15) is 4.79 Å². The average molecular weight is 377 g/mol. The normalized spacial score (nSPS) is 10.7. The number of anilines is 2. The number of nitrogens with two attached hydrogens (primary N) is 1. The molecule has 0 spiro atoms. The number of amides is 1. The highest BCUT2D eigenvalue weighted by molar-refractivity contribution is 5.84. The van der Waals surface area contributed by atoms with Gasteiger partial charge in [0.2, 0.25) is 0 Å². The number of carbonyl (C=O) groups excluding carboxylic acids is 1. The van der Waals surface area contributed by atoms with Crippen molar-refractivity contribution in [2.45, 2.75) is 96.8 Å². The third-order valence-electron chi connectivity index (χ3n) is 4.89. The number of hydrogen-bond donors (Lipinski definition) is 2. The van der Waals surface area contributed by atoms with Crippen molar-refractivity contribution < 1.29 is 9.53 Å². The fourth-order valence-electron chi connectivity index (χ4n) is 3.18. The lowest BCUT2D eigenvalue weighted by Crippen LogP contribution is -2.14. The van der Waals surface area contributed by atoms with Crippen LogP contribution < -0.4 is 11.1 Å². The van der Waals surface area contributed by atoms with E-state index in [1.165, 1.54) is 77.0 Å². The average Bonchev–Trinajstić information content (AvgIpc) is 2.66. The largest absolute Gasteiger partial charge is 0.449 e. The molecule has 0 atom stereocenters. The maximum absolute atomic E-state index is 11.7. The summed E-state index contributed by atoms with van der Waals surface area (Å²) in [5, 5.41) is 2.70. The van der Waals surface area contributed by atoms with E-state index in [4.69, 9.17) is 10.5 Å². The van der Waals surface area contributed by atoms with Crippen LogP contribution in [0.15, 0.2) is 24.3 Å². The number of nitrogens with one attached hydrogen (secondary N) is 1. The standard InChI is InChI=1S/C23H40N2O2/c1-2-3-4-5-6-7-8-9-10-11-12-13-14-15-20-27-23(26)25-22-18-16-21(24)17-19-22/h16-19H,2-15,20,24H2,1H3,(H,25,26). The molecule has 0 bridgehead atoms. The molecule has 27 heavy (non-hydrogen) atoms. The van der Waals surface area contributed by atoms with Gasteiger partial charge in [-0.25, -0.2) is 4.79 Å². The van der Waals surface area contributed by atoms with E-state index in [-0.39, 0.29) is 0 Å². The molecule has 0 saturated heterocycles. The molecule has 0 radical (unpaired) electrons. The molecule has 0 aliphatic rings. The Morgan fingerprint density at radius 3 is 1.70 bits per heavy atom.